The van der Waals surface area contributed by atoms with Crippen molar-refractivity contribution in [2.75, 3.05) is 0 Å². The molecular weight excluding hydrogens is 433 g/mol. The molecule has 156 valence electrons. The van der Waals surface area contributed by atoms with Gasteiger partial charge in [-0.15, -0.1) is 0 Å². The Morgan fingerprint density at radius 2 is 1.71 bits per heavy atom. The molecule has 0 bridgehead atoms. The summed E-state index contributed by atoms with van der Waals surface area (Å²) in [4.78, 5) is 36.3. The fourth-order valence-corrected chi connectivity index (χ4v) is 4.38. The molecule has 0 fully saturated rings. The van der Waals surface area contributed by atoms with Crippen LogP contribution >= 0.6 is 11.3 Å². The number of nitrogens with zero attached hydrogens (tertiary/aromatic N) is 2. The Hall–Kier alpha value is -3.79. The van der Waals surface area contributed by atoms with Crippen molar-refractivity contribution in [3.8, 4) is 5.69 Å². The molecule has 2 heterocycles. The highest BCUT2D eigenvalue weighted by molar-refractivity contribution is 7.22. The van der Waals surface area contributed by atoms with Crippen molar-refractivity contribution in [2.24, 2.45) is 0 Å². The number of rotatable bonds is 4. The number of benzene rings is 2. The van der Waals surface area contributed by atoms with Gasteiger partial charge < -0.3 is 0 Å². The second kappa shape index (κ2) is 7.47. The number of aromatic nitrogens is 1. The number of carbonyl (C=O) groups excluding carboxylic acids is 1. The van der Waals surface area contributed by atoms with Crippen molar-refractivity contribution in [1.29, 1.82) is 0 Å². The number of hydrogen-bond acceptors (Lipinski definition) is 5. The molecule has 0 spiro atoms. The number of pyridine rings is 1. The van der Waals surface area contributed by atoms with Crippen molar-refractivity contribution >= 4 is 32.3 Å². The third kappa shape index (κ3) is 3.30. The highest BCUT2D eigenvalue weighted by atomic mass is 32.1. The molecule has 2 aromatic carbocycles. The molecule has 10 heteroatoms. The van der Waals surface area contributed by atoms with Crippen LogP contribution in [0.15, 0.2) is 53.3 Å². The molecular formula is C21H11F3N2O4S. The zero-order valence-electron chi connectivity index (χ0n) is 15.7. The highest BCUT2D eigenvalue weighted by Gasteiger charge is 2.31. The molecule has 0 aliphatic heterocycles. The van der Waals surface area contributed by atoms with Crippen LogP contribution < -0.4 is 5.56 Å². The minimum atomic E-state index is -1.05. The molecule has 2 aromatic heterocycles. The molecule has 0 saturated carbocycles. The molecule has 4 rings (SSSR count). The summed E-state index contributed by atoms with van der Waals surface area (Å²) in [5.74, 6) is -3.43. The van der Waals surface area contributed by atoms with Gasteiger partial charge in [0.05, 0.1) is 4.92 Å². The molecule has 6 nitrogen and oxygen atoms in total. The predicted octanol–water partition coefficient (Wildman–Crippen LogP) is 4.92. The van der Waals surface area contributed by atoms with Crippen molar-refractivity contribution in [1.82, 2.24) is 4.57 Å². The van der Waals surface area contributed by atoms with Crippen LogP contribution in [0, 0.1) is 34.5 Å². The Morgan fingerprint density at radius 1 is 1.03 bits per heavy atom. The summed E-state index contributed by atoms with van der Waals surface area (Å²) >= 11 is 0.451. The quantitative estimate of drug-likeness (QED) is 0.254. The average Bonchev–Trinajstić information content (AvgIpc) is 3.10. The average molecular weight is 444 g/mol. The maximum absolute atomic E-state index is 14.4. The Bertz CT molecular complexity index is 1440. The van der Waals surface area contributed by atoms with Gasteiger partial charge in [-0.05, 0) is 60.2 Å². The first-order chi connectivity index (χ1) is 14.7. The van der Waals surface area contributed by atoms with Crippen LogP contribution in [0.4, 0.5) is 18.2 Å². The van der Waals surface area contributed by atoms with Crippen molar-refractivity contribution in [3.05, 3.63) is 103 Å². The molecule has 0 saturated heterocycles. The van der Waals surface area contributed by atoms with Gasteiger partial charge >= 0.3 is 5.00 Å². The molecule has 0 atom stereocenters. The lowest BCUT2D eigenvalue weighted by Crippen LogP contribution is -2.19. The van der Waals surface area contributed by atoms with E-state index in [9.17, 15) is 32.9 Å². The van der Waals surface area contributed by atoms with Crippen LogP contribution in [-0.2, 0) is 0 Å². The van der Waals surface area contributed by atoms with Gasteiger partial charge in [-0.1, -0.05) is 6.07 Å². The van der Waals surface area contributed by atoms with E-state index in [2.05, 4.69) is 0 Å². The number of carbonyl (C=O) groups is 1. The topological polar surface area (TPSA) is 82.2 Å². The minimum absolute atomic E-state index is 0.00322. The number of aryl methyl sites for hydroxylation is 1. The number of para-hydroxylation sites is 1. The first-order valence-corrected chi connectivity index (χ1v) is 9.60. The van der Waals surface area contributed by atoms with Crippen molar-refractivity contribution in [3.63, 3.8) is 0 Å². The molecule has 0 amide bonds. The number of fused-ring (bicyclic) bond motifs is 1. The van der Waals surface area contributed by atoms with Crippen LogP contribution in [0.25, 0.3) is 15.9 Å². The van der Waals surface area contributed by atoms with Crippen LogP contribution in [0.2, 0.25) is 0 Å². The fourth-order valence-electron chi connectivity index (χ4n) is 3.26. The van der Waals surface area contributed by atoms with Gasteiger partial charge in [-0.3, -0.25) is 24.3 Å². The number of halogens is 3. The number of hydrogen-bond donors (Lipinski definition) is 0. The zero-order valence-corrected chi connectivity index (χ0v) is 16.5. The summed E-state index contributed by atoms with van der Waals surface area (Å²) in [6.07, 6.45) is 0. The smallest absolute Gasteiger partial charge is 0.288 e. The predicted molar refractivity (Wildman–Crippen MR) is 109 cm³/mol. The summed E-state index contributed by atoms with van der Waals surface area (Å²) in [6, 6.07) is 8.66. The molecule has 0 unspecified atom stereocenters. The van der Waals surface area contributed by atoms with E-state index >= 15 is 0 Å². The van der Waals surface area contributed by atoms with Gasteiger partial charge in [-0.2, -0.15) is 0 Å². The Morgan fingerprint density at radius 3 is 2.32 bits per heavy atom. The summed E-state index contributed by atoms with van der Waals surface area (Å²) in [5, 5.41) is 11.1. The first kappa shape index (κ1) is 20.5. The number of ketones is 1. The summed E-state index contributed by atoms with van der Waals surface area (Å²) in [7, 11) is 0. The molecule has 31 heavy (non-hydrogen) atoms. The van der Waals surface area contributed by atoms with E-state index in [1.807, 2.05) is 0 Å². The van der Waals surface area contributed by atoms with E-state index < -0.39 is 44.4 Å². The van der Waals surface area contributed by atoms with Gasteiger partial charge in [0, 0.05) is 17.0 Å². The summed E-state index contributed by atoms with van der Waals surface area (Å²) < 4.78 is 43.0. The highest BCUT2D eigenvalue weighted by Crippen LogP contribution is 2.39. The second-order valence-electron chi connectivity index (χ2n) is 6.63. The standard InChI is InChI=1S/C21H11F3N2O4S/c1-10-9-11(5-7-13(10)22)19(28)17-12-6-8-16(27)25(20(12)31-21(17)26(29)30)18-14(23)3-2-4-15(18)24/h2-9H,1H3. The minimum Gasteiger partial charge on any atom is -0.288 e. The lowest BCUT2D eigenvalue weighted by Gasteiger charge is -2.09. The zero-order chi connectivity index (χ0) is 22.4. The lowest BCUT2D eigenvalue weighted by atomic mass is 10.0. The van der Waals surface area contributed by atoms with E-state index in [1.54, 1.807) is 0 Å². The van der Waals surface area contributed by atoms with Crippen LogP contribution in [0.1, 0.15) is 21.5 Å². The molecule has 0 radical (unpaired) electrons. The van der Waals surface area contributed by atoms with Crippen molar-refractivity contribution < 1.29 is 22.9 Å². The SMILES string of the molecule is Cc1cc(C(=O)c2c([N+](=O)[O-])sc3c2ccc(=O)n3-c2c(F)cccc2F)ccc1F. The number of nitro groups is 1. The van der Waals surface area contributed by atoms with E-state index in [0.29, 0.717) is 15.9 Å². The van der Waals surface area contributed by atoms with Gasteiger partial charge in [-0.25, -0.2) is 13.2 Å². The van der Waals surface area contributed by atoms with Crippen LogP contribution in [0.3, 0.4) is 0 Å². The lowest BCUT2D eigenvalue weighted by molar-refractivity contribution is -0.380. The third-order valence-electron chi connectivity index (χ3n) is 4.70. The van der Waals surface area contributed by atoms with Crippen LogP contribution in [-0.4, -0.2) is 15.3 Å². The molecule has 0 N–H and O–H groups in total. The molecule has 0 aliphatic carbocycles. The van der Waals surface area contributed by atoms with Gasteiger partial charge in [0.15, 0.2) is 0 Å². The summed E-state index contributed by atoms with van der Waals surface area (Å²) in [6.45, 7) is 1.44. The maximum Gasteiger partial charge on any atom is 0.337 e. The maximum atomic E-state index is 14.4. The first-order valence-electron chi connectivity index (χ1n) is 8.79. The third-order valence-corrected chi connectivity index (χ3v) is 5.84. The van der Waals surface area contributed by atoms with E-state index in [4.69, 9.17) is 0 Å². The van der Waals surface area contributed by atoms with Gasteiger partial charge in [0.25, 0.3) is 5.56 Å². The second-order valence-corrected chi connectivity index (χ2v) is 7.61. The molecule has 0 aliphatic rings. The van der Waals surface area contributed by atoms with E-state index in [0.717, 1.165) is 30.3 Å². The van der Waals surface area contributed by atoms with Gasteiger partial charge in [0.1, 0.15) is 33.5 Å². The largest absolute Gasteiger partial charge is 0.337 e. The normalized spacial score (nSPS) is 11.1. The van der Waals surface area contributed by atoms with Crippen LogP contribution in [0.5, 0.6) is 0 Å². The molecule has 4 aromatic rings. The fraction of sp³-hybridized carbons (Fsp3) is 0.0476. The monoisotopic (exact) mass is 444 g/mol. The Kier molecular flexibility index (Phi) is 4.94. The van der Waals surface area contributed by atoms with Crippen molar-refractivity contribution in [2.45, 2.75) is 6.92 Å². The Balaban J connectivity index is 2.07. The summed E-state index contributed by atoms with van der Waals surface area (Å²) in [5.41, 5.74) is -1.72. The number of thiophene rings is 1. The van der Waals surface area contributed by atoms with E-state index in [-0.39, 0.29) is 26.9 Å². The van der Waals surface area contributed by atoms with Gasteiger partial charge in [0.2, 0.25) is 5.78 Å². The van der Waals surface area contributed by atoms with E-state index in [1.165, 1.54) is 25.1 Å². The Labute approximate surface area is 175 Å².